The molecule has 3 nitrogen and oxygen atoms in total. The molecule has 1 aromatic rings. The lowest BCUT2D eigenvalue weighted by atomic mass is 9.65. The lowest BCUT2D eigenvalue weighted by Gasteiger charge is -2.38. The molecule has 0 aromatic heterocycles. The number of hydrogen-bond donors (Lipinski definition) is 0. The number of ketones is 1. The second-order valence-electron chi connectivity index (χ2n) is 7.45. The number of rotatable bonds is 4. The second-order valence-corrected chi connectivity index (χ2v) is 7.45. The molecule has 2 fully saturated rings. The summed E-state index contributed by atoms with van der Waals surface area (Å²) in [7, 11) is 0. The zero-order valence-electron chi connectivity index (χ0n) is 14.3. The predicted octanol–water partition coefficient (Wildman–Crippen LogP) is 3.92. The number of fused-ring (bicyclic) bond motifs is 3. The number of carbonyl (C=O) groups excluding carboxylic acids is 1. The third kappa shape index (κ3) is 2.96. The van der Waals surface area contributed by atoms with Gasteiger partial charge in [0.25, 0.3) is 0 Å². The van der Waals surface area contributed by atoms with Crippen LogP contribution in [0.3, 0.4) is 0 Å². The summed E-state index contributed by atoms with van der Waals surface area (Å²) < 4.78 is 12.2. The van der Waals surface area contributed by atoms with Gasteiger partial charge < -0.3 is 9.47 Å². The van der Waals surface area contributed by atoms with E-state index in [4.69, 9.17) is 9.47 Å². The van der Waals surface area contributed by atoms with Crippen molar-refractivity contribution < 1.29 is 14.3 Å². The van der Waals surface area contributed by atoms with Gasteiger partial charge in [0, 0.05) is 18.3 Å². The SMILES string of the molecule is C[C@H](OCc1ccccc1)[C@@H]1OC[C@@H]2C1=CC[C@@H]1CCCC(=O)[C@@H]12. The minimum absolute atomic E-state index is 0.00869. The number of carbonyl (C=O) groups is 1. The van der Waals surface area contributed by atoms with Gasteiger partial charge in [-0.1, -0.05) is 36.4 Å². The van der Waals surface area contributed by atoms with Crippen LogP contribution in [0.15, 0.2) is 42.0 Å². The summed E-state index contributed by atoms with van der Waals surface area (Å²) >= 11 is 0. The summed E-state index contributed by atoms with van der Waals surface area (Å²) in [6, 6.07) is 10.2. The molecule has 0 unspecified atom stereocenters. The lowest BCUT2D eigenvalue weighted by molar-refractivity contribution is -0.128. The summed E-state index contributed by atoms with van der Waals surface area (Å²) in [4.78, 5) is 12.4. The van der Waals surface area contributed by atoms with Crippen LogP contribution in [0.25, 0.3) is 0 Å². The Kier molecular flexibility index (Phi) is 4.55. The molecule has 1 aromatic carbocycles. The molecule has 0 amide bonds. The maximum atomic E-state index is 12.4. The van der Waals surface area contributed by atoms with Crippen LogP contribution in [0, 0.1) is 17.8 Å². The van der Waals surface area contributed by atoms with E-state index in [9.17, 15) is 4.79 Å². The van der Waals surface area contributed by atoms with Crippen molar-refractivity contribution in [3.8, 4) is 0 Å². The van der Waals surface area contributed by atoms with Gasteiger partial charge in [0.2, 0.25) is 0 Å². The van der Waals surface area contributed by atoms with Crippen molar-refractivity contribution in [2.24, 2.45) is 17.8 Å². The van der Waals surface area contributed by atoms with Gasteiger partial charge in [-0.2, -0.15) is 0 Å². The monoisotopic (exact) mass is 326 g/mol. The molecule has 0 spiro atoms. The molecule has 1 heterocycles. The smallest absolute Gasteiger partial charge is 0.136 e. The Hall–Kier alpha value is -1.45. The quantitative estimate of drug-likeness (QED) is 0.787. The number of Topliss-reactive ketones (excluding diaryl/α,β-unsaturated/α-hetero) is 1. The van der Waals surface area contributed by atoms with Crippen molar-refractivity contribution in [3.63, 3.8) is 0 Å². The zero-order valence-corrected chi connectivity index (χ0v) is 14.3. The van der Waals surface area contributed by atoms with Crippen LogP contribution >= 0.6 is 0 Å². The molecule has 1 saturated carbocycles. The number of hydrogen-bond acceptors (Lipinski definition) is 3. The highest BCUT2D eigenvalue weighted by molar-refractivity contribution is 5.83. The van der Waals surface area contributed by atoms with E-state index in [1.165, 1.54) is 17.6 Å². The average Bonchev–Trinajstić information content (AvgIpc) is 3.05. The first-order valence-corrected chi connectivity index (χ1v) is 9.24. The molecule has 24 heavy (non-hydrogen) atoms. The Labute approximate surface area is 144 Å². The molecule has 128 valence electrons. The first kappa shape index (κ1) is 16.0. The number of ether oxygens (including phenoxy) is 2. The third-order valence-electron chi connectivity index (χ3n) is 5.96. The van der Waals surface area contributed by atoms with Crippen molar-refractivity contribution in [1.82, 2.24) is 0 Å². The van der Waals surface area contributed by atoms with E-state index in [1.807, 2.05) is 18.2 Å². The van der Waals surface area contributed by atoms with Gasteiger partial charge >= 0.3 is 0 Å². The summed E-state index contributed by atoms with van der Waals surface area (Å²) in [6.07, 6.45) is 6.43. The molecule has 0 N–H and O–H groups in total. The molecule has 3 heteroatoms. The van der Waals surface area contributed by atoms with E-state index < -0.39 is 0 Å². The van der Waals surface area contributed by atoms with Crippen LogP contribution in [0.2, 0.25) is 0 Å². The molecule has 1 saturated heterocycles. The van der Waals surface area contributed by atoms with Crippen molar-refractivity contribution in [3.05, 3.63) is 47.5 Å². The van der Waals surface area contributed by atoms with Crippen molar-refractivity contribution >= 4 is 5.78 Å². The topological polar surface area (TPSA) is 35.5 Å². The van der Waals surface area contributed by atoms with Gasteiger partial charge in [0.1, 0.15) is 11.9 Å². The molecule has 0 radical (unpaired) electrons. The predicted molar refractivity (Wildman–Crippen MR) is 92.5 cm³/mol. The molecular formula is C21H26O3. The normalized spacial score (nSPS) is 33.5. The minimum Gasteiger partial charge on any atom is -0.371 e. The Balaban J connectivity index is 1.44. The van der Waals surface area contributed by atoms with Crippen LogP contribution in [-0.2, 0) is 20.9 Å². The fourth-order valence-corrected chi connectivity index (χ4v) is 4.74. The van der Waals surface area contributed by atoms with E-state index in [0.717, 1.165) is 19.3 Å². The van der Waals surface area contributed by atoms with Gasteiger partial charge in [0.15, 0.2) is 0 Å². The largest absolute Gasteiger partial charge is 0.371 e. The van der Waals surface area contributed by atoms with Gasteiger partial charge in [-0.15, -0.1) is 0 Å². The van der Waals surface area contributed by atoms with Crippen LogP contribution in [0.4, 0.5) is 0 Å². The summed E-state index contributed by atoms with van der Waals surface area (Å²) in [5, 5.41) is 0. The molecule has 2 aliphatic carbocycles. The van der Waals surface area contributed by atoms with E-state index in [1.54, 1.807) is 0 Å². The third-order valence-corrected chi connectivity index (χ3v) is 5.96. The van der Waals surface area contributed by atoms with Gasteiger partial charge in [-0.05, 0) is 43.2 Å². The van der Waals surface area contributed by atoms with Gasteiger partial charge in [-0.3, -0.25) is 4.79 Å². The van der Waals surface area contributed by atoms with Crippen molar-refractivity contribution in [1.29, 1.82) is 0 Å². The van der Waals surface area contributed by atoms with Crippen molar-refractivity contribution in [2.75, 3.05) is 6.61 Å². The first-order valence-electron chi connectivity index (χ1n) is 9.24. The van der Waals surface area contributed by atoms with Crippen LogP contribution < -0.4 is 0 Å². The molecule has 0 bridgehead atoms. The highest BCUT2D eigenvalue weighted by Crippen LogP contribution is 2.47. The highest BCUT2D eigenvalue weighted by Gasteiger charge is 2.47. The van der Waals surface area contributed by atoms with Gasteiger partial charge in [0.05, 0.1) is 19.3 Å². The van der Waals surface area contributed by atoms with E-state index in [-0.39, 0.29) is 18.1 Å². The summed E-state index contributed by atoms with van der Waals surface area (Å²) in [5.74, 6) is 1.50. The summed E-state index contributed by atoms with van der Waals surface area (Å²) in [6.45, 7) is 3.37. The Bertz CT molecular complexity index is 621. The maximum absolute atomic E-state index is 12.4. The molecule has 5 atom stereocenters. The molecular weight excluding hydrogens is 300 g/mol. The van der Waals surface area contributed by atoms with Crippen LogP contribution in [0.1, 0.15) is 38.2 Å². The fraction of sp³-hybridized carbons (Fsp3) is 0.571. The van der Waals surface area contributed by atoms with E-state index >= 15 is 0 Å². The fourth-order valence-electron chi connectivity index (χ4n) is 4.74. The number of benzene rings is 1. The standard InChI is InChI=1S/C21H26O3/c1-14(23-12-15-6-3-2-4-7-15)21-17-11-10-16-8-5-9-19(22)20(16)18(17)13-24-21/h2-4,6-7,11,14,16,18,20-21H,5,8-10,12-13H2,1H3/t14-,16-,18+,20-,21-/m0/s1. The lowest BCUT2D eigenvalue weighted by Crippen LogP contribution is -2.39. The second kappa shape index (κ2) is 6.81. The van der Waals surface area contributed by atoms with E-state index in [0.29, 0.717) is 30.8 Å². The van der Waals surface area contributed by atoms with Crippen LogP contribution in [0.5, 0.6) is 0 Å². The van der Waals surface area contributed by atoms with Gasteiger partial charge in [-0.25, -0.2) is 0 Å². The zero-order chi connectivity index (χ0) is 16.5. The molecule has 1 aliphatic heterocycles. The highest BCUT2D eigenvalue weighted by atomic mass is 16.5. The number of allylic oxidation sites excluding steroid dienone is 1. The Morgan fingerprint density at radius 1 is 1.29 bits per heavy atom. The first-order chi connectivity index (χ1) is 11.7. The Morgan fingerprint density at radius 2 is 2.12 bits per heavy atom. The molecule has 4 rings (SSSR count). The Morgan fingerprint density at radius 3 is 2.96 bits per heavy atom. The van der Waals surface area contributed by atoms with E-state index in [2.05, 4.69) is 25.1 Å². The van der Waals surface area contributed by atoms with Crippen molar-refractivity contribution in [2.45, 2.75) is 51.4 Å². The maximum Gasteiger partial charge on any atom is 0.136 e. The minimum atomic E-state index is 0.00869. The average molecular weight is 326 g/mol. The summed E-state index contributed by atoms with van der Waals surface area (Å²) in [5.41, 5.74) is 2.51. The van der Waals surface area contributed by atoms with Crippen LogP contribution in [-0.4, -0.2) is 24.6 Å². The molecule has 3 aliphatic rings.